The van der Waals surface area contributed by atoms with Crippen LogP contribution in [0.25, 0.3) is 0 Å². The Labute approximate surface area is 111 Å². The second kappa shape index (κ2) is 5.02. The van der Waals surface area contributed by atoms with Gasteiger partial charge in [-0.2, -0.15) is 0 Å². The Morgan fingerprint density at radius 1 is 1.06 bits per heavy atom. The smallest absolute Gasteiger partial charge is 0.0242 e. The molecular formula is C16H24N2. The minimum atomic E-state index is 0.702. The minimum Gasteiger partial charge on any atom is -0.306 e. The summed E-state index contributed by atoms with van der Waals surface area (Å²) in [6.07, 6.45) is 3.90. The van der Waals surface area contributed by atoms with Crippen LogP contribution >= 0.6 is 0 Å². The number of likely N-dealkylation sites (tertiary alicyclic amines) is 1. The van der Waals surface area contributed by atoms with Gasteiger partial charge in [-0.3, -0.25) is 4.90 Å². The van der Waals surface area contributed by atoms with E-state index in [0.29, 0.717) is 6.04 Å². The molecule has 1 aromatic carbocycles. The standard InChI is InChI=1S/C16H24N2/c1-13-11-14-5-3-4-6-15(14)12-18(13)16-7-9-17(2)10-8-16/h3-6,13,16H,7-12H2,1-2H3. The van der Waals surface area contributed by atoms with Crippen LogP contribution in [0.15, 0.2) is 24.3 Å². The average molecular weight is 244 g/mol. The zero-order chi connectivity index (χ0) is 12.5. The van der Waals surface area contributed by atoms with Gasteiger partial charge in [0.25, 0.3) is 0 Å². The summed E-state index contributed by atoms with van der Waals surface area (Å²) >= 11 is 0. The molecule has 2 nitrogen and oxygen atoms in total. The van der Waals surface area contributed by atoms with Gasteiger partial charge in [-0.15, -0.1) is 0 Å². The third-order valence-electron chi connectivity index (χ3n) is 4.71. The van der Waals surface area contributed by atoms with Crippen LogP contribution in [0.4, 0.5) is 0 Å². The lowest BCUT2D eigenvalue weighted by Gasteiger charge is -2.43. The first kappa shape index (κ1) is 12.2. The van der Waals surface area contributed by atoms with E-state index >= 15 is 0 Å². The topological polar surface area (TPSA) is 6.48 Å². The Hall–Kier alpha value is -0.860. The van der Waals surface area contributed by atoms with E-state index in [1.165, 1.54) is 32.4 Å². The maximum atomic E-state index is 2.75. The molecule has 2 heteroatoms. The van der Waals surface area contributed by atoms with Gasteiger partial charge >= 0.3 is 0 Å². The van der Waals surface area contributed by atoms with Gasteiger partial charge in [0, 0.05) is 18.6 Å². The molecule has 1 atom stereocenters. The second-order valence-corrected chi connectivity index (χ2v) is 6.03. The fourth-order valence-electron chi connectivity index (χ4n) is 3.51. The molecule has 0 saturated carbocycles. The third kappa shape index (κ3) is 2.32. The van der Waals surface area contributed by atoms with Gasteiger partial charge in [0.05, 0.1) is 0 Å². The summed E-state index contributed by atoms with van der Waals surface area (Å²) < 4.78 is 0. The number of fused-ring (bicyclic) bond motifs is 1. The van der Waals surface area contributed by atoms with Crippen LogP contribution in [0.3, 0.4) is 0 Å². The molecule has 3 rings (SSSR count). The molecule has 2 heterocycles. The Morgan fingerprint density at radius 3 is 2.44 bits per heavy atom. The van der Waals surface area contributed by atoms with Crippen LogP contribution in [0.1, 0.15) is 30.9 Å². The third-order valence-corrected chi connectivity index (χ3v) is 4.71. The van der Waals surface area contributed by atoms with Gasteiger partial charge in [0.15, 0.2) is 0 Å². The maximum absolute atomic E-state index is 2.75. The van der Waals surface area contributed by atoms with E-state index in [1.54, 1.807) is 11.1 Å². The van der Waals surface area contributed by atoms with Crippen molar-refractivity contribution in [1.29, 1.82) is 0 Å². The van der Waals surface area contributed by atoms with Crippen LogP contribution in [0.2, 0.25) is 0 Å². The lowest BCUT2D eigenvalue weighted by atomic mass is 9.91. The van der Waals surface area contributed by atoms with Crippen LogP contribution < -0.4 is 0 Å². The summed E-state index contributed by atoms with van der Waals surface area (Å²) in [6, 6.07) is 10.5. The predicted molar refractivity (Wildman–Crippen MR) is 75.7 cm³/mol. The number of nitrogens with zero attached hydrogens (tertiary/aromatic N) is 2. The van der Waals surface area contributed by atoms with E-state index in [1.807, 2.05) is 0 Å². The Bertz CT molecular complexity index is 407. The molecule has 1 fully saturated rings. The fourth-order valence-corrected chi connectivity index (χ4v) is 3.51. The van der Waals surface area contributed by atoms with Crippen LogP contribution in [-0.4, -0.2) is 42.0 Å². The second-order valence-electron chi connectivity index (χ2n) is 6.03. The Balaban J connectivity index is 1.74. The number of hydrogen-bond acceptors (Lipinski definition) is 2. The van der Waals surface area contributed by atoms with E-state index in [9.17, 15) is 0 Å². The molecule has 18 heavy (non-hydrogen) atoms. The highest BCUT2D eigenvalue weighted by Gasteiger charge is 2.30. The zero-order valence-electron chi connectivity index (χ0n) is 11.6. The van der Waals surface area contributed by atoms with Gasteiger partial charge < -0.3 is 4.90 Å². The van der Waals surface area contributed by atoms with E-state index in [-0.39, 0.29) is 0 Å². The lowest BCUT2D eigenvalue weighted by Crippen LogP contribution is -2.49. The quantitative estimate of drug-likeness (QED) is 0.749. The Morgan fingerprint density at radius 2 is 1.72 bits per heavy atom. The molecule has 1 aromatic rings. The van der Waals surface area contributed by atoms with Crippen molar-refractivity contribution >= 4 is 0 Å². The summed E-state index contributed by atoms with van der Waals surface area (Å²) in [5, 5.41) is 0. The van der Waals surface area contributed by atoms with Gasteiger partial charge in [-0.1, -0.05) is 24.3 Å². The first-order valence-corrected chi connectivity index (χ1v) is 7.25. The molecule has 0 aliphatic carbocycles. The summed E-state index contributed by atoms with van der Waals surface area (Å²) in [5.41, 5.74) is 3.11. The van der Waals surface area contributed by atoms with Crippen LogP contribution in [0, 0.1) is 0 Å². The van der Waals surface area contributed by atoms with Gasteiger partial charge in [0.2, 0.25) is 0 Å². The minimum absolute atomic E-state index is 0.702. The summed E-state index contributed by atoms with van der Waals surface area (Å²) in [7, 11) is 2.24. The molecule has 0 spiro atoms. The molecule has 0 radical (unpaired) electrons. The molecule has 1 unspecified atom stereocenters. The van der Waals surface area contributed by atoms with Crippen LogP contribution in [-0.2, 0) is 13.0 Å². The normalized spacial score (nSPS) is 27.1. The lowest BCUT2D eigenvalue weighted by molar-refractivity contribution is 0.0730. The highest BCUT2D eigenvalue weighted by molar-refractivity contribution is 5.30. The van der Waals surface area contributed by atoms with E-state index in [0.717, 1.165) is 12.6 Å². The fraction of sp³-hybridized carbons (Fsp3) is 0.625. The van der Waals surface area contributed by atoms with Crippen molar-refractivity contribution in [1.82, 2.24) is 9.80 Å². The van der Waals surface area contributed by atoms with Crippen molar-refractivity contribution in [3.05, 3.63) is 35.4 Å². The predicted octanol–water partition coefficient (Wildman–Crippen LogP) is 2.53. The van der Waals surface area contributed by atoms with E-state index < -0.39 is 0 Å². The van der Waals surface area contributed by atoms with Gasteiger partial charge in [0.1, 0.15) is 0 Å². The number of rotatable bonds is 1. The molecule has 2 aliphatic rings. The number of piperidine rings is 1. The Kier molecular flexibility index (Phi) is 3.40. The molecule has 0 amide bonds. The molecule has 2 aliphatic heterocycles. The van der Waals surface area contributed by atoms with Gasteiger partial charge in [-0.05, 0) is 57.5 Å². The molecule has 0 bridgehead atoms. The molecule has 1 saturated heterocycles. The maximum Gasteiger partial charge on any atom is 0.0242 e. The number of hydrogen-bond donors (Lipinski definition) is 0. The number of benzene rings is 1. The van der Waals surface area contributed by atoms with Crippen molar-refractivity contribution in [2.45, 2.75) is 44.8 Å². The monoisotopic (exact) mass is 244 g/mol. The molecule has 0 aromatic heterocycles. The van der Waals surface area contributed by atoms with Crippen molar-refractivity contribution < 1.29 is 0 Å². The molecule has 0 N–H and O–H groups in total. The van der Waals surface area contributed by atoms with E-state index in [4.69, 9.17) is 0 Å². The highest BCUT2D eigenvalue weighted by Crippen LogP contribution is 2.28. The summed E-state index contributed by atoms with van der Waals surface area (Å²) in [6.45, 7) is 6.07. The molecule has 98 valence electrons. The van der Waals surface area contributed by atoms with Gasteiger partial charge in [-0.25, -0.2) is 0 Å². The molecular weight excluding hydrogens is 220 g/mol. The van der Waals surface area contributed by atoms with Crippen molar-refractivity contribution in [2.24, 2.45) is 0 Å². The van der Waals surface area contributed by atoms with Crippen molar-refractivity contribution in [2.75, 3.05) is 20.1 Å². The van der Waals surface area contributed by atoms with Crippen molar-refractivity contribution in [3.63, 3.8) is 0 Å². The SMILES string of the molecule is CC1Cc2ccccc2CN1C1CCN(C)CC1. The first-order valence-electron chi connectivity index (χ1n) is 7.25. The first-order chi connectivity index (χ1) is 8.74. The summed E-state index contributed by atoms with van der Waals surface area (Å²) in [4.78, 5) is 5.20. The van der Waals surface area contributed by atoms with Crippen LogP contribution in [0.5, 0.6) is 0 Å². The van der Waals surface area contributed by atoms with E-state index in [2.05, 4.69) is 48.0 Å². The highest BCUT2D eigenvalue weighted by atomic mass is 15.2. The average Bonchev–Trinajstić information content (AvgIpc) is 2.39. The summed E-state index contributed by atoms with van der Waals surface area (Å²) in [5.74, 6) is 0. The van der Waals surface area contributed by atoms with Crippen molar-refractivity contribution in [3.8, 4) is 0 Å². The zero-order valence-corrected chi connectivity index (χ0v) is 11.6. The largest absolute Gasteiger partial charge is 0.306 e.